The molecule has 1 unspecified atom stereocenters. The number of rotatable bonds is 3. The van der Waals surface area contributed by atoms with Crippen LogP contribution in [0.2, 0.25) is 0 Å². The second-order valence-corrected chi connectivity index (χ2v) is 7.48. The molecule has 3 rings (SSSR count). The number of fused-ring (bicyclic) bond motifs is 1. The van der Waals surface area contributed by atoms with Crippen molar-refractivity contribution in [1.82, 2.24) is 19.5 Å². The van der Waals surface area contributed by atoms with Gasteiger partial charge in [-0.1, -0.05) is 0 Å². The van der Waals surface area contributed by atoms with E-state index in [1.54, 1.807) is 10.5 Å². The van der Waals surface area contributed by atoms with Gasteiger partial charge in [0.05, 0.1) is 12.1 Å². The molecule has 3 heterocycles. The topological polar surface area (TPSA) is 59.7 Å². The number of likely N-dealkylation sites (tertiary alicyclic amines) is 1. The maximum atomic E-state index is 13.6. The molecule has 24 heavy (non-hydrogen) atoms. The summed E-state index contributed by atoms with van der Waals surface area (Å²) in [4.78, 5) is 14.3. The maximum absolute atomic E-state index is 13.6. The summed E-state index contributed by atoms with van der Waals surface area (Å²) < 4.78 is 20.7. The first-order chi connectivity index (χ1) is 11.2. The van der Waals surface area contributed by atoms with E-state index in [0.717, 1.165) is 19.4 Å². The number of hydrogen-bond donors (Lipinski definition) is 0. The molecular formula is C17H23FN4O2. The van der Waals surface area contributed by atoms with Gasteiger partial charge in [-0.25, -0.2) is 4.39 Å². The molecule has 0 aliphatic carbocycles. The molecule has 0 amide bonds. The van der Waals surface area contributed by atoms with E-state index in [4.69, 9.17) is 4.74 Å². The van der Waals surface area contributed by atoms with Gasteiger partial charge in [0, 0.05) is 6.20 Å². The molecule has 0 aromatic carbocycles. The average molecular weight is 334 g/mol. The predicted molar refractivity (Wildman–Crippen MR) is 86.9 cm³/mol. The lowest BCUT2D eigenvalue weighted by Crippen LogP contribution is -2.44. The van der Waals surface area contributed by atoms with Gasteiger partial charge < -0.3 is 4.74 Å². The van der Waals surface area contributed by atoms with Crippen molar-refractivity contribution < 1.29 is 13.9 Å². The Morgan fingerprint density at radius 1 is 1.38 bits per heavy atom. The highest BCUT2D eigenvalue weighted by atomic mass is 19.1. The normalized spacial score (nSPS) is 22.2. The van der Waals surface area contributed by atoms with E-state index in [1.807, 2.05) is 32.6 Å². The average Bonchev–Trinajstić information content (AvgIpc) is 3.01. The zero-order valence-electron chi connectivity index (χ0n) is 14.5. The van der Waals surface area contributed by atoms with Crippen LogP contribution < -0.4 is 0 Å². The van der Waals surface area contributed by atoms with E-state index in [2.05, 4.69) is 10.2 Å². The fourth-order valence-electron chi connectivity index (χ4n) is 3.29. The van der Waals surface area contributed by atoms with Crippen LogP contribution in [-0.2, 0) is 15.1 Å². The first-order valence-electron chi connectivity index (χ1n) is 8.17. The van der Waals surface area contributed by atoms with Crippen molar-refractivity contribution in [2.75, 3.05) is 13.1 Å². The first kappa shape index (κ1) is 16.8. The van der Waals surface area contributed by atoms with Gasteiger partial charge in [-0.3, -0.25) is 14.1 Å². The van der Waals surface area contributed by atoms with Crippen LogP contribution in [0.25, 0.3) is 5.65 Å². The molecule has 1 fully saturated rings. The summed E-state index contributed by atoms with van der Waals surface area (Å²) in [6.45, 7) is 8.51. The van der Waals surface area contributed by atoms with E-state index in [-0.39, 0.29) is 18.3 Å². The molecule has 0 saturated carbocycles. The fourth-order valence-corrected chi connectivity index (χ4v) is 3.29. The molecule has 130 valence electrons. The van der Waals surface area contributed by atoms with Crippen LogP contribution in [0.1, 0.15) is 46.4 Å². The summed E-state index contributed by atoms with van der Waals surface area (Å²) >= 11 is 0. The van der Waals surface area contributed by atoms with Crippen molar-refractivity contribution in [1.29, 1.82) is 0 Å². The number of carbonyl (C=O) groups excluding carboxylic acids is 1. The summed E-state index contributed by atoms with van der Waals surface area (Å²) in [5.74, 6) is 0.0394. The molecule has 1 aliphatic heterocycles. The number of aromatic nitrogens is 3. The lowest BCUT2D eigenvalue weighted by molar-refractivity contribution is -0.157. The van der Waals surface area contributed by atoms with Crippen LogP contribution in [0, 0.1) is 5.82 Å². The Labute approximate surface area is 140 Å². The van der Waals surface area contributed by atoms with E-state index in [1.165, 1.54) is 12.3 Å². The molecule has 1 atom stereocenters. The number of nitrogens with zero attached hydrogens (tertiary/aromatic N) is 4. The Hall–Kier alpha value is -2.02. The van der Waals surface area contributed by atoms with Gasteiger partial charge in [-0.15, -0.1) is 10.2 Å². The van der Waals surface area contributed by atoms with Gasteiger partial charge in [0.15, 0.2) is 11.5 Å². The van der Waals surface area contributed by atoms with Gasteiger partial charge >= 0.3 is 5.97 Å². The molecule has 2 aromatic heterocycles. The molecular weight excluding hydrogens is 311 g/mol. The monoisotopic (exact) mass is 334 g/mol. The van der Waals surface area contributed by atoms with Crippen LogP contribution in [0.3, 0.4) is 0 Å². The summed E-state index contributed by atoms with van der Waals surface area (Å²) in [6, 6.07) is 2.96. The van der Waals surface area contributed by atoms with E-state index >= 15 is 0 Å². The maximum Gasteiger partial charge on any atom is 0.320 e. The summed E-state index contributed by atoms with van der Waals surface area (Å²) in [6.07, 6.45) is 3.15. The zero-order valence-corrected chi connectivity index (χ0v) is 14.5. The Morgan fingerprint density at radius 3 is 2.83 bits per heavy atom. The summed E-state index contributed by atoms with van der Waals surface area (Å²) in [7, 11) is 0. The van der Waals surface area contributed by atoms with Gasteiger partial charge in [-0.2, -0.15) is 0 Å². The second kappa shape index (κ2) is 5.81. The van der Waals surface area contributed by atoms with Crippen molar-refractivity contribution >= 4 is 11.6 Å². The predicted octanol–water partition coefficient (Wildman–Crippen LogP) is 2.52. The zero-order chi connectivity index (χ0) is 17.5. The molecule has 0 bridgehead atoms. The lowest BCUT2D eigenvalue weighted by Gasteiger charge is -2.33. The first-order valence-corrected chi connectivity index (χ1v) is 8.17. The van der Waals surface area contributed by atoms with Crippen molar-refractivity contribution in [3.05, 3.63) is 30.0 Å². The molecule has 0 spiro atoms. The summed E-state index contributed by atoms with van der Waals surface area (Å²) in [5, 5.41) is 8.40. The Bertz CT molecular complexity index is 768. The van der Waals surface area contributed by atoms with Gasteiger partial charge in [-0.05, 0) is 59.2 Å². The minimum absolute atomic E-state index is 0.179. The Kier molecular flexibility index (Phi) is 4.07. The molecule has 1 saturated heterocycles. The van der Waals surface area contributed by atoms with E-state index in [9.17, 15) is 9.18 Å². The minimum atomic E-state index is -0.516. The number of pyridine rings is 1. The quantitative estimate of drug-likeness (QED) is 0.807. The van der Waals surface area contributed by atoms with Crippen molar-refractivity contribution in [3.63, 3.8) is 0 Å². The number of carbonyl (C=O) groups is 1. The smallest absolute Gasteiger partial charge is 0.320 e. The third-order valence-corrected chi connectivity index (χ3v) is 4.38. The molecule has 6 nitrogen and oxygen atoms in total. The molecule has 0 radical (unpaired) electrons. The van der Waals surface area contributed by atoms with Gasteiger partial charge in [0.1, 0.15) is 11.4 Å². The lowest BCUT2D eigenvalue weighted by atomic mass is 9.97. The number of halogens is 1. The highest BCUT2D eigenvalue weighted by Crippen LogP contribution is 2.37. The number of esters is 1. The molecule has 0 N–H and O–H groups in total. The van der Waals surface area contributed by atoms with Crippen molar-refractivity contribution in [2.45, 2.75) is 51.7 Å². The molecule has 7 heteroatoms. The fraction of sp³-hybridized carbons (Fsp3) is 0.588. The molecule has 1 aliphatic rings. The third kappa shape index (κ3) is 3.13. The van der Waals surface area contributed by atoms with Crippen LogP contribution >= 0.6 is 0 Å². The van der Waals surface area contributed by atoms with E-state index in [0.29, 0.717) is 11.5 Å². The van der Waals surface area contributed by atoms with Crippen molar-refractivity contribution in [3.8, 4) is 0 Å². The second-order valence-electron chi connectivity index (χ2n) is 7.48. The van der Waals surface area contributed by atoms with Crippen LogP contribution in [0.15, 0.2) is 18.3 Å². The summed E-state index contributed by atoms with van der Waals surface area (Å²) in [5.41, 5.74) is -0.404. The largest absolute Gasteiger partial charge is 0.459 e. The standard InChI is InChI=1S/C17H23FN4O2/c1-16(2,3)24-14(23)11-21-9-5-8-17(21,4)15-20-19-13-7-6-12(18)10-22(13)15/h6-7,10H,5,8-9,11H2,1-4H3. The van der Waals surface area contributed by atoms with Crippen LogP contribution in [0.5, 0.6) is 0 Å². The van der Waals surface area contributed by atoms with Crippen LogP contribution in [-0.4, -0.2) is 44.2 Å². The molecule has 2 aromatic rings. The minimum Gasteiger partial charge on any atom is -0.459 e. The number of ether oxygens (including phenoxy) is 1. The van der Waals surface area contributed by atoms with Crippen molar-refractivity contribution in [2.24, 2.45) is 0 Å². The highest BCUT2D eigenvalue weighted by Gasteiger charge is 2.43. The Balaban J connectivity index is 1.89. The third-order valence-electron chi connectivity index (χ3n) is 4.38. The van der Waals surface area contributed by atoms with Crippen LogP contribution in [0.4, 0.5) is 4.39 Å². The Morgan fingerprint density at radius 2 is 2.12 bits per heavy atom. The SMILES string of the molecule is CC(C)(C)OC(=O)CN1CCCC1(C)c1nnc2ccc(F)cn12. The highest BCUT2D eigenvalue weighted by molar-refractivity contribution is 5.72. The van der Waals surface area contributed by atoms with Gasteiger partial charge in [0.25, 0.3) is 0 Å². The number of hydrogen-bond acceptors (Lipinski definition) is 5. The van der Waals surface area contributed by atoms with Gasteiger partial charge in [0.2, 0.25) is 0 Å². The van der Waals surface area contributed by atoms with E-state index < -0.39 is 11.1 Å².